The van der Waals surface area contributed by atoms with E-state index in [-0.39, 0.29) is 11.8 Å². The Balaban J connectivity index is 1.41. The molecule has 0 aromatic heterocycles. The highest BCUT2D eigenvalue weighted by molar-refractivity contribution is 7.92. The van der Waals surface area contributed by atoms with Crippen molar-refractivity contribution in [1.29, 1.82) is 0 Å². The van der Waals surface area contributed by atoms with E-state index in [0.29, 0.717) is 47.7 Å². The molecule has 2 heterocycles. The van der Waals surface area contributed by atoms with E-state index in [0.717, 1.165) is 25.9 Å². The summed E-state index contributed by atoms with van der Waals surface area (Å²) in [4.78, 5) is 17.5. The average molecular weight is 547 g/mol. The summed E-state index contributed by atoms with van der Waals surface area (Å²) in [6.45, 7) is 4.58. The number of halogens is 1. The molecule has 3 fully saturated rings. The maximum atomic E-state index is 15.5. The van der Waals surface area contributed by atoms with Gasteiger partial charge in [-0.3, -0.25) is 9.52 Å². The first-order chi connectivity index (χ1) is 18.2. The number of sulfonamides is 1. The Bertz CT molecular complexity index is 1290. The number of anilines is 4. The summed E-state index contributed by atoms with van der Waals surface area (Å²) in [6, 6.07) is 9.68. The topological polar surface area (TPSA) is 111 Å². The number of piperidine rings is 1. The van der Waals surface area contributed by atoms with Crippen LogP contribution >= 0.6 is 0 Å². The van der Waals surface area contributed by atoms with Gasteiger partial charge in [-0.15, -0.1) is 0 Å². The molecule has 2 aromatic carbocycles. The normalized spacial score (nSPS) is 20.9. The van der Waals surface area contributed by atoms with E-state index in [4.69, 9.17) is 9.84 Å². The molecule has 11 heteroatoms. The van der Waals surface area contributed by atoms with E-state index in [1.807, 2.05) is 11.8 Å². The molecular weight excluding hydrogens is 511 g/mol. The van der Waals surface area contributed by atoms with Crippen LogP contribution in [0.4, 0.5) is 27.1 Å². The molecule has 1 saturated carbocycles. The number of nitrogens with one attached hydrogen (secondary N) is 2. The monoisotopic (exact) mass is 546 g/mol. The number of amides is 1. The van der Waals surface area contributed by atoms with Crippen LogP contribution in [0.25, 0.3) is 0 Å². The molecule has 1 atom stereocenters. The smallest absolute Gasteiger partial charge is 0.257 e. The lowest BCUT2D eigenvalue weighted by Gasteiger charge is -2.35. The quantitative estimate of drug-likeness (QED) is 0.465. The number of benzene rings is 2. The fourth-order valence-electron chi connectivity index (χ4n) is 5.39. The number of hydrogen-bond acceptors (Lipinski definition) is 7. The zero-order chi connectivity index (χ0) is 26.9. The number of carbonyl (C=O) groups is 1. The molecule has 1 spiro atoms. The number of rotatable bonds is 8. The lowest BCUT2D eigenvalue weighted by atomic mass is 9.93. The van der Waals surface area contributed by atoms with Crippen molar-refractivity contribution in [3.05, 3.63) is 47.8 Å². The van der Waals surface area contributed by atoms with E-state index < -0.39 is 34.1 Å². The van der Waals surface area contributed by atoms with Gasteiger partial charge in [0, 0.05) is 26.2 Å². The molecule has 206 valence electrons. The van der Waals surface area contributed by atoms with E-state index >= 15 is 4.39 Å². The predicted octanol–water partition coefficient (Wildman–Crippen LogP) is 3.42. The zero-order valence-electron chi connectivity index (χ0n) is 21.6. The van der Waals surface area contributed by atoms with E-state index in [1.165, 1.54) is 25.0 Å². The Hall–Kier alpha value is -2.89. The average Bonchev–Trinajstić information content (AvgIpc) is 3.64. The Labute approximate surface area is 223 Å². The number of aliphatic hydroxyl groups is 1. The molecule has 9 nitrogen and oxygen atoms in total. The lowest BCUT2D eigenvalue weighted by Crippen LogP contribution is -2.41. The SMILES string of the molecule is CC1CN(c2cccc(NC(=O)c3ccc(NS(=O)(=O)CCO)cc3N3CCC4(CC3)CC4)c2F)CCO1. The summed E-state index contributed by atoms with van der Waals surface area (Å²) < 4.78 is 48.1. The maximum absolute atomic E-state index is 15.5. The second-order valence-corrected chi connectivity index (χ2v) is 12.4. The molecule has 2 aliphatic heterocycles. The first-order valence-corrected chi connectivity index (χ1v) is 14.8. The summed E-state index contributed by atoms with van der Waals surface area (Å²) in [5, 5.41) is 11.8. The number of aliphatic hydroxyl groups excluding tert-OH is 1. The number of carbonyl (C=O) groups excluding carboxylic acids is 1. The molecule has 2 saturated heterocycles. The molecule has 1 aliphatic carbocycles. The standard InChI is InChI=1S/C27H35FN4O5S/c1-19-18-32(13-15-37-19)23-4-2-3-22(25(23)28)29-26(34)21-6-5-20(30-38(35,36)16-14-33)17-24(21)31-11-9-27(7-8-27)10-12-31/h2-6,17,19,30,33H,7-16,18H2,1H3,(H,29,34). The third kappa shape index (κ3) is 5.89. The summed E-state index contributed by atoms with van der Waals surface area (Å²) in [6.07, 6.45) is 4.47. The lowest BCUT2D eigenvalue weighted by molar-refractivity contribution is 0.0530. The summed E-state index contributed by atoms with van der Waals surface area (Å²) in [5.41, 5.74) is 2.16. The van der Waals surface area contributed by atoms with Crippen LogP contribution in [0.15, 0.2) is 36.4 Å². The minimum Gasteiger partial charge on any atom is -0.395 e. The summed E-state index contributed by atoms with van der Waals surface area (Å²) in [5.74, 6) is -1.39. The molecular formula is C27H35FN4O5S. The van der Waals surface area contributed by atoms with Crippen molar-refractivity contribution < 1.29 is 27.4 Å². The van der Waals surface area contributed by atoms with Crippen LogP contribution in [0, 0.1) is 11.2 Å². The van der Waals surface area contributed by atoms with Gasteiger partial charge in [-0.2, -0.15) is 0 Å². The number of hydrogen-bond donors (Lipinski definition) is 3. The fraction of sp³-hybridized carbons (Fsp3) is 0.519. The van der Waals surface area contributed by atoms with Crippen molar-refractivity contribution in [2.75, 3.05) is 65.0 Å². The van der Waals surface area contributed by atoms with Crippen LogP contribution in [-0.4, -0.2) is 70.7 Å². The third-order valence-electron chi connectivity index (χ3n) is 7.81. The van der Waals surface area contributed by atoms with Crippen molar-refractivity contribution in [3.8, 4) is 0 Å². The van der Waals surface area contributed by atoms with Crippen LogP contribution in [0.3, 0.4) is 0 Å². The van der Waals surface area contributed by atoms with Gasteiger partial charge in [0.1, 0.15) is 0 Å². The summed E-state index contributed by atoms with van der Waals surface area (Å²) >= 11 is 0. The molecule has 1 unspecified atom stereocenters. The highest BCUT2D eigenvalue weighted by Crippen LogP contribution is 2.54. The van der Waals surface area contributed by atoms with Crippen LogP contribution in [0.2, 0.25) is 0 Å². The zero-order valence-corrected chi connectivity index (χ0v) is 22.4. The Morgan fingerprint density at radius 3 is 2.55 bits per heavy atom. The van der Waals surface area contributed by atoms with Crippen LogP contribution in [0.5, 0.6) is 0 Å². The van der Waals surface area contributed by atoms with Crippen LogP contribution < -0.4 is 19.8 Å². The number of morpholine rings is 1. The molecule has 38 heavy (non-hydrogen) atoms. The van der Waals surface area contributed by atoms with Gasteiger partial charge in [0.15, 0.2) is 5.82 Å². The van der Waals surface area contributed by atoms with E-state index in [1.54, 1.807) is 24.3 Å². The van der Waals surface area contributed by atoms with Crippen molar-refractivity contribution in [2.45, 2.75) is 38.7 Å². The largest absolute Gasteiger partial charge is 0.395 e. The first kappa shape index (κ1) is 26.7. The molecule has 3 N–H and O–H groups in total. The molecule has 1 amide bonds. The second-order valence-electron chi connectivity index (χ2n) is 10.6. The minimum atomic E-state index is -3.73. The van der Waals surface area contributed by atoms with Crippen molar-refractivity contribution in [3.63, 3.8) is 0 Å². The fourth-order valence-corrected chi connectivity index (χ4v) is 6.21. The Morgan fingerprint density at radius 2 is 1.87 bits per heavy atom. The van der Waals surface area contributed by atoms with Gasteiger partial charge in [-0.1, -0.05) is 6.07 Å². The van der Waals surface area contributed by atoms with Gasteiger partial charge in [-0.25, -0.2) is 12.8 Å². The summed E-state index contributed by atoms with van der Waals surface area (Å²) in [7, 11) is -3.73. The molecule has 2 aromatic rings. The highest BCUT2D eigenvalue weighted by atomic mass is 32.2. The van der Waals surface area contributed by atoms with Crippen molar-refractivity contribution in [1.82, 2.24) is 0 Å². The van der Waals surface area contributed by atoms with Crippen LogP contribution in [0.1, 0.15) is 43.0 Å². The molecule has 5 rings (SSSR count). The number of ether oxygens (including phenoxy) is 1. The second kappa shape index (κ2) is 10.7. The van der Waals surface area contributed by atoms with Gasteiger partial charge in [0.25, 0.3) is 5.91 Å². The minimum absolute atomic E-state index is 0.0170. The van der Waals surface area contributed by atoms with Crippen LogP contribution in [-0.2, 0) is 14.8 Å². The molecule has 0 bridgehead atoms. The Morgan fingerprint density at radius 1 is 1.11 bits per heavy atom. The van der Waals surface area contributed by atoms with Crippen molar-refractivity contribution in [2.24, 2.45) is 5.41 Å². The molecule has 3 aliphatic rings. The van der Waals surface area contributed by atoms with Crippen molar-refractivity contribution >= 4 is 38.7 Å². The van der Waals surface area contributed by atoms with Gasteiger partial charge < -0.3 is 25.0 Å². The Kier molecular flexibility index (Phi) is 7.52. The highest BCUT2D eigenvalue weighted by Gasteiger charge is 2.44. The van der Waals surface area contributed by atoms with E-state index in [9.17, 15) is 13.2 Å². The number of nitrogens with zero attached hydrogens (tertiary/aromatic N) is 2. The van der Waals surface area contributed by atoms with Gasteiger partial charge in [-0.05, 0) is 68.4 Å². The first-order valence-electron chi connectivity index (χ1n) is 13.2. The maximum Gasteiger partial charge on any atom is 0.257 e. The van der Waals surface area contributed by atoms with E-state index in [2.05, 4.69) is 14.9 Å². The van der Waals surface area contributed by atoms with Gasteiger partial charge in [0.05, 0.1) is 53.4 Å². The third-order valence-corrected chi connectivity index (χ3v) is 9.07. The van der Waals surface area contributed by atoms with Gasteiger partial charge in [0.2, 0.25) is 10.0 Å². The predicted molar refractivity (Wildman–Crippen MR) is 146 cm³/mol. The van der Waals surface area contributed by atoms with Gasteiger partial charge >= 0.3 is 0 Å². The molecule has 0 radical (unpaired) electrons.